The molecule has 0 spiro atoms. The first kappa shape index (κ1) is 14.8. The molecule has 1 aliphatic heterocycles. The van der Waals surface area contributed by atoms with Crippen molar-refractivity contribution < 1.29 is 19.1 Å². The highest BCUT2D eigenvalue weighted by Gasteiger charge is 2.34. The van der Waals surface area contributed by atoms with Gasteiger partial charge in [0.25, 0.3) is 0 Å². The van der Waals surface area contributed by atoms with Crippen LogP contribution in [0.25, 0.3) is 0 Å². The maximum atomic E-state index is 12.0. The van der Waals surface area contributed by atoms with Crippen molar-refractivity contribution in [3.63, 3.8) is 0 Å². The summed E-state index contributed by atoms with van der Waals surface area (Å²) < 4.78 is 10.2. The van der Waals surface area contributed by atoms with Crippen LogP contribution in [0, 0.1) is 0 Å². The van der Waals surface area contributed by atoms with E-state index in [1.165, 1.54) is 16.7 Å². The molecule has 0 aromatic rings. The van der Waals surface area contributed by atoms with Crippen LogP contribution in [0.4, 0.5) is 4.79 Å². The topological polar surface area (TPSA) is 81.9 Å². The lowest BCUT2D eigenvalue weighted by Gasteiger charge is -2.27. The molecule has 0 saturated heterocycles. The van der Waals surface area contributed by atoms with Gasteiger partial charge in [0.1, 0.15) is 5.60 Å². The molecule has 1 heterocycles. The molecule has 2 N–H and O–H groups in total. The summed E-state index contributed by atoms with van der Waals surface area (Å²) >= 11 is 1.37. The van der Waals surface area contributed by atoms with Gasteiger partial charge in [0.05, 0.1) is 11.9 Å². The zero-order valence-corrected chi connectivity index (χ0v) is 11.7. The first-order valence-electron chi connectivity index (χ1n) is 5.53. The second-order valence-corrected chi connectivity index (χ2v) is 5.91. The van der Waals surface area contributed by atoms with Crippen LogP contribution in [0.1, 0.15) is 27.7 Å². The molecule has 0 saturated carbocycles. The van der Waals surface area contributed by atoms with E-state index in [4.69, 9.17) is 15.2 Å². The molecule has 1 unspecified atom stereocenters. The molecule has 1 rings (SSSR count). The molecule has 1 amide bonds. The van der Waals surface area contributed by atoms with E-state index in [1.54, 1.807) is 26.2 Å². The molecule has 0 radical (unpaired) electrons. The molecular weight excluding hydrogens is 256 g/mol. The number of hydrogen-bond donors (Lipinski definition) is 1. The van der Waals surface area contributed by atoms with Crippen molar-refractivity contribution >= 4 is 23.8 Å². The van der Waals surface area contributed by atoms with Gasteiger partial charge in [-0.3, -0.25) is 4.79 Å². The molecule has 7 heteroatoms. The Kier molecular flexibility index (Phi) is 4.64. The van der Waals surface area contributed by atoms with E-state index in [9.17, 15) is 9.59 Å². The minimum Gasteiger partial charge on any atom is -0.443 e. The SMILES string of the molecule is CC1SC=C(OC(=O)CN)N1C(=O)OC(C)(C)C. The quantitative estimate of drug-likeness (QED) is 0.770. The fourth-order valence-corrected chi connectivity index (χ4v) is 2.02. The number of nitrogens with zero attached hydrogens (tertiary/aromatic N) is 1. The number of carbonyl (C=O) groups excluding carboxylic acids is 2. The molecule has 102 valence electrons. The van der Waals surface area contributed by atoms with Crippen molar-refractivity contribution in [2.24, 2.45) is 5.73 Å². The van der Waals surface area contributed by atoms with Gasteiger partial charge >= 0.3 is 12.1 Å². The number of ether oxygens (including phenoxy) is 2. The highest BCUT2D eigenvalue weighted by atomic mass is 32.2. The number of thioether (sulfide) groups is 1. The Balaban J connectivity index is 2.75. The lowest BCUT2D eigenvalue weighted by atomic mass is 10.2. The van der Waals surface area contributed by atoms with Gasteiger partial charge in [0.2, 0.25) is 5.88 Å². The molecule has 0 aliphatic carbocycles. The number of carbonyl (C=O) groups is 2. The van der Waals surface area contributed by atoms with Crippen molar-refractivity contribution in [3.8, 4) is 0 Å². The van der Waals surface area contributed by atoms with E-state index in [1.807, 2.05) is 6.92 Å². The molecule has 0 bridgehead atoms. The summed E-state index contributed by atoms with van der Waals surface area (Å²) in [4.78, 5) is 24.4. The van der Waals surface area contributed by atoms with Crippen molar-refractivity contribution in [3.05, 3.63) is 11.3 Å². The maximum absolute atomic E-state index is 12.0. The Morgan fingerprint density at radius 1 is 1.50 bits per heavy atom. The predicted octanol–water partition coefficient (Wildman–Crippen LogP) is 1.62. The predicted molar refractivity (Wildman–Crippen MR) is 68.4 cm³/mol. The highest BCUT2D eigenvalue weighted by molar-refractivity contribution is 8.02. The minimum absolute atomic E-state index is 0.164. The lowest BCUT2D eigenvalue weighted by Crippen LogP contribution is -2.39. The lowest BCUT2D eigenvalue weighted by molar-refractivity contribution is -0.139. The van der Waals surface area contributed by atoms with Gasteiger partial charge in [-0.2, -0.15) is 0 Å². The van der Waals surface area contributed by atoms with Gasteiger partial charge in [-0.15, -0.1) is 11.8 Å². The van der Waals surface area contributed by atoms with Crippen molar-refractivity contribution in [1.82, 2.24) is 4.90 Å². The van der Waals surface area contributed by atoms with Crippen LogP contribution in [0.3, 0.4) is 0 Å². The monoisotopic (exact) mass is 274 g/mol. The molecule has 1 aliphatic rings. The minimum atomic E-state index is -0.604. The highest BCUT2D eigenvalue weighted by Crippen LogP contribution is 2.32. The Morgan fingerprint density at radius 2 is 2.11 bits per heavy atom. The smallest absolute Gasteiger partial charge is 0.418 e. The average Bonchev–Trinajstić information content (AvgIpc) is 2.57. The zero-order chi connectivity index (χ0) is 13.9. The fraction of sp³-hybridized carbons (Fsp3) is 0.636. The van der Waals surface area contributed by atoms with Crippen molar-refractivity contribution in [1.29, 1.82) is 0 Å². The second kappa shape index (κ2) is 5.62. The summed E-state index contributed by atoms with van der Waals surface area (Å²) in [6, 6.07) is 0. The number of amides is 1. The first-order chi connectivity index (χ1) is 8.24. The zero-order valence-electron chi connectivity index (χ0n) is 10.9. The molecule has 1 atom stereocenters. The van der Waals surface area contributed by atoms with E-state index in [0.29, 0.717) is 0 Å². The van der Waals surface area contributed by atoms with E-state index >= 15 is 0 Å². The fourth-order valence-electron chi connectivity index (χ4n) is 1.23. The van der Waals surface area contributed by atoms with Gasteiger partial charge < -0.3 is 15.2 Å². The Morgan fingerprint density at radius 3 is 2.61 bits per heavy atom. The van der Waals surface area contributed by atoms with Crippen LogP contribution in [0.15, 0.2) is 11.3 Å². The van der Waals surface area contributed by atoms with Crippen molar-refractivity contribution in [2.75, 3.05) is 6.54 Å². The van der Waals surface area contributed by atoms with Gasteiger partial charge in [-0.05, 0) is 27.7 Å². The van der Waals surface area contributed by atoms with E-state index in [-0.39, 0.29) is 17.8 Å². The molecule has 0 aromatic heterocycles. The van der Waals surface area contributed by atoms with Gasteiger partial charge in [0, 0.05) is 5.41 Å². The largest absolute Gasteiger partial charge is 0.443 e. The molecule has 0 aromatic carbocycles. The third-order valence-corrected chi connectivity index (χ3v) is 2.88. The third-order valence-electron chi connectivity index (χ3n) is 1.94. The standard InChI is InChI=1S/C11H18N2O4S/c1-7-13(10(15)17-11(2,3)4)8(6-18-7)16-9(14)5-12/h6-7H,5,12H2,1-4H3. The number of hydrogen-bond acceptors (Lipinski definition) is 6. The molecule has 6 nitrogen and oxygen atoms in total. The maximum Gasteiger partial charge on any atom is 0.418 e. The average molecular weight is 274 g/mol. The van der Waals surface area contributed by atoms with Crippen LogP contribution in [0.5, 0.6) is 0 Å². The van der Waals surface area contributed by atoms with Crippen LogP contribution >= 0.6 is 11.8 Å². The summed E-state index contributed by atoms with van der Waals surface area (Å²) in [5.41, 5.74) is 4.56. The Bertz CT molecular complexity index is 376. The van der Waals surface area contributed by atoms with E-state index < -0.39 is 17.7 Å². The number of rotatable bonds is 2. The Hall–Kier alpha value is -1.21. The molecule has 0 fully saturated rings. The van der Waals surface area contributed by atoms with E-state index in [0.717, 1.165) is 0 Å². The van der Waals surface area contributed by atoms with Crippen molar-refractivity contribution in [2.45, 2.75) is 38.7 Å². The summed E-state index contributed by atoms with van der Waals surface area (Å²) in [7, 11) is 0. The van der Waals surface area contributed by atoms with Crippen LogP contribution in [0.2, 0.25) is 0 Å². The van der Waals surface area contributed by atoms with Gasteiger partial charge in [-0.25, -0.2) is 9.69 Å². The van der Waals surface area contributed by atoms with Crippen LogP contribution in [-0.4, -0.2) is 34.5 Å². The first-order valence-corrected chi connectivity index (χ1v) is 6.47. The number of nitrogens with two attached hydrogens (primary N) is 1. The number of esters is 1. The summed E-state index contributed by atoms with van der Waals surface area (Å²) in [5.74, 6) is -0.429. The van der Waals surface area contributed by atoms with Gasteiger partial charge in [0.15, 0.2) is 0 Å². The normalized spacial score (nSPS) is 19.5. The van der Waals surface area contributed by atoms with Crippen LogP contribution in [-0.2, 0) is 14.3 Å². The van der Waals surface area contributed by atoms with Crippen LogP contribution < -0.4 is 5.73 Å². The summed E-state index contributed by atoms with van der Waals surface area (Å²) in [6.45, 7) is 6.89. The van der Waals surface area contributed by atoms with Gasteiger partial charge in [-0.1, -0.05) is 0 Å². The molecular formula is C11H18N2O4S. The summed E-state index contributed by atoms with van der Waals surface area (Å²) in [5, 5.41) is 1.42. The summed E-state index contributed by atoms with van der Waals surface area (Å²) in [6.07, 6.45) is -0.545. The molecule has 18 heavy (non-hydrogen) atoms. The second-order valence-electron chi connectivity index (χ2n) is 4.72. The van der Waals surface area contributed by atoms with E-state index in [2.05, 4.69) is 0 Å². The third kappa shape index (κ3) is 3.92. The Labute approximate surface area is 110 Å².